The van der Waals surface area contributed by atoms with Gasteiger partial charge in [0.1, 0.15) is 24.4 Å². The van der Waals surface area contributed by atoms with Gasteiger partial charge in [-0.15, -0.1) is 0 Å². The monoisotopic (exact) mass is 642 g/mol. The zero-order valence-corrected chi connectivity index (χ0v) is 27.0. The van der Waals surface area contributed by atoms with Crippen molar-refractivity contribution in [1.29, 1.82) is 0 Å². The van der Waals surface area contributed by atoms with Crippen LogP contribution in [0.1, 0.15) is 39.0 Å². The van der Waals surface area contributed by atoms with Crippen molar-refractivity contribution in [2.75, 3.05) is 6.61 Å². The van der Waals surface area contributed by atoms with Gasteiger partial charge in [-0.3, -0.25) is 4.79 Å². The van der Waals surface area contributed by atoms with Crippen LogP contribution in [0.4, 0.5) is 0 Å². The van der Waals surface area contributed by atoms with Gasteiger partial charge in [-0.25, -0.2) is 0 Å². The third-order valence-corrected chi connectivity index (χ3v) is 8.46. The van der Waals surface area contributed by atoms with Gasteiger partial charge in [0.2, 0.25) is 0 Å². The number of benzene rings is 5. The minimum absolute atomic E-state index is 0.0247. The Hall–Kier alpha value is -4.43. The highest BCUT2D eigenvalue weighted by Gasteiger charge is 2.49. The van der Waals surface area contributed by atoms with Crippen molar-refractivity contribution in [2.24, 2.45) is 0 Å². The maximum Gasteiger partial charge on any atom is 0.165 e. The average Bonchev–Trinajstić information content (AvgIpc) is 3.15. The Labute approximate surface area is 283 Å². The molecule has 1 fully saturated rings. The lowest BCUT2D eigenvalue weighted by molar-refractivity contribution is -0.271. The molecule has 0 unspecified atom stereocenters. The quantitative estimate of drug-likeness (QED) is 0.102. The van der Waals surface area contributed by atoms with E-state index in [1.165, 1.54) is 0 Å². The Morgan fingerprint density at radius 3 is 1.29 bits per heavy atom. The second-order valence-electron chi connectivity index (χ2n) is 12.0. The van der Waals surface area contributed by atoms with E-state index in [0.29, 0.717) is 32.0 Å². The summed E-state index contributed by atoms with van der Waals surface area (Å²) in [6.07, 6.45) is -2.73. The van der Waals surface area contributed by atoms with E-state index >= 15 is 0 Å². The molecule has 0 aliphatic carbocycles. The molecule has 6 heteroatoms. The van der Waals surface area contributed by atoms with Gasteiger partial charge < -0.3 is 23.7 Å². The first kappa shape index (κ1) is 33.5. The Morgan fingerprint density at radius 2 is 0.833 bits per heavy atom. The van der Waals surface area contributed by atoms with Crippen LogP contribution in [0, 0.1) is 0 Å². The van der Waals surface area contributed by atoms with Gasteiger partial charge in [-0.1, -0.05) is 152 Å². The summed E-state index contributed by atoms with van der Waals surface area (Å²) in [5.74, 6) is -0.0247. The Kier molecular flexibility index (Phi) is 12.3. The molecule has 5 aromatic carbocycles. The molecule has 0 amide bonds. The largest absolute Gasteiger partial charge is 0.374 e. The number of ketones is 1. The molecule has 0 spiro atoms. The molecule has 5 atom stereocenters. The third kappa shape index (κ3) is 9.57. The molecule has 1 aliphatic rings. The van der Waals surface area contributed by atoms with E-state index < -0.39 is 30.5 Å². The molecule has 5 aromatic rings. The topological polar surface area (TPSA) is 63.2 Å². The fourth-order valence-corrected chi connectivity index (χ4v) is 5.97. The summed E-state index contributed by atoms with van der Waals surface area (Å²) in [6.45, 7) is 1.70. The molecule has 1 heterocycles. The standard InChI is InChI=1S/C42H42O6/c43-37(36-24-14-5-15-25-36)26-38-40(45-28-33-18-8-2-9-19-33)42(47-30-35-22-12-4-13-23-35)41(46-29-34-20-10-3-11-21-34)39(48-38)31-44-27-32-16-6-1-7-17-32/h1-25,38-42H,26-31H2/t38-,39+,40-,41+,42+/m0/s1. The summed E-state index contributed by atoms with van der Waals surface area (Å²) >= 11 is 0. The van der Waals surface area contributed by atoms with Gasteiger partial charge in [0.15, 0.2) is 5.78 Å². The molecule has 1 saturated heterocycles. The van der Waals surface area contributed by atoms with Crippen molar-refractivity contribution in [3.8, 4) is 0 Å². The third-order valence-electron chi connectivity index (χ3n) is 8.46. The Bertz CT molecular complexity index is 1630. The SMILES string of the molecule is O=C(C[C@@H]1O[C@H](COCc2ccccc2)[C@@H](OCc2ccccc2)[C@H](OCc2ccccc2)[C@H]1OCc1ccccc1)c1ccccc1. The van der Waals surface area contributed by atoms with Gasteiger partial charge in [-0.2, -0.15) is 0 Å². The number of rotatable bonds is 16. The predicted octanol–water partition coefficient (Wildman–Crippen LogP) is 8.00. The predicted molar refractivity (Wildman–Crippen MR) is 185 cm³/mol. The highest BCUT2D eigenvalue weighted by molar-refractivity contribution is 5.96. The molecule has 0 radical (unpaired) electrons. The van der Waals surface area contributed by atoms with Gasteiger partial charge in [0, 0.05) is 12.0 Å². The van der Waals surface area contributed by atoms with Crippen LogP contribution >= 0.6 is 0 Å². The van der Waals surface area contributed by atoms with E-state index in [9.17, 15) is 4.79 Å². The van der Waals surface area contributed by atoms with E-state index in [1.807, 2.05) is 152 Å². The van der Waals surface area contributed by atoms with E-state index in [1.54, 1.807) is 0 Å². The van der Waals surface area contributed by atoms with Crippen LogP contribution in [0.3, 0.4) is 0 Å². The second-order valence-corrected chi connectivity index (χ2v) is 12.0. The summed E-state index contributed by atoms with van der Waals surface area (Å²) in [4.78, 5) is 13.7. The summed E-state index contributed by atoms with van der Waals surface area (Å²) in [7, 11) is 0. The van der Waals surface area contributed by atoms with Crippen LogP contribution in [-0.4, -0.2) is 42.9 Å². The van der Waals surface area contributed by atoms with E-state index in [2.05, 4.69) is 0 Å². The minimum Gasteiger partial charge on any atom is -0.374 e. The summed E-state index contributed by atoms with van der Waals surface area (Å²) in [5, 5.41) is 0. The first-order valence-electron chi connectivity index (χ1n) is 16.5. The molecule has 1 aliphatic heterocycles. The zero-order valence-electron chi connectivity index (χ0n) is 27.0. The zero-order chi connectivity index (χ0) is 32.8. The molecule has 0 aromatic heterocycles. The van der Waals surface area contributed by atoms with Crippen LogP contribution in [0.2, 0.25) is 0 Å². The summed E-state index contributed by atoms with van der Waals surface area (Å²) in [5.41, 5.74) is 4.77. The van der Waals surface area contributed by atoms with Crippen LogP contribution in [0.5, 0.6) is 0 Å². The molecule has 6 rings (SSSR count). The van der Waals surface area contributed by atoms with Crippen molar-refractivity contribution < 1.29 is 28.5 Å². The molecular weight excluding hydrogens is 600 g/mol. The average molecular weight is 643 g/mol. The fourth-order valence-electron chi connectivity index (χ4n) is 5.97. The van der Waals surface area contributed by atoms with Gasteiger partial charge in [0.05, 0.1) is 39.1 Å². The van der Waals surface area contributed by atoms with Crippen molar-refractivity contribution >= 4 is 5.78 Å². The van der Waals surface area contributed by atoms with E-state index in [-0.39, 0.29) is 18.8 Å². The van der Waals surface area contributed by atoms with Crippen molar-refractivity contribution in [2.45, 2.75) is 63.4 Å². The number of ether oxygens (including phenoxy) is 5. The summed E-state index contributed by atoms with van der Waals surface area (Å²) in [6, 6.07) is 49.5. The number of carbonyl (C=O) groups is 1. The van der Waals surface area contributed by atoms with Gasteiger partial charge in [0.25, 0.3) is 0 Å². The first-order valence-corrected chi connectivity index (χ1v) is 16.5. The smallest absolute Gasteiger partial charge is 0.165 e. The Morgan fingerprint density at radius 1 is 0.458 bits per heavy atom. The molecule has 0 N–H and O–H groups in total. The number of carbonyl (C=O) groups excluding carboxylic acids is 1. The molecule has 246 valence electrons. The molecule has 6 nitrogen and oxygen atoms in total. The Balaban J connectivity index is 1.32. The summed E-state index contributed by atoms with van der Waals surface area (Å²) < 4.78 is 33.3. The minimum atomic E-state index is -0.607. The molecule has 0 saturated carbocycles. The normalized spacial score (nSPS) is 20.7. The van der Waals surface area contributed by atoms with Crippen molar-refractivity contribution in [3.05, 3.63) is 179 Å². The molecular formula is C42H42O6. The van der Waals surface area contributed by atoms with Crippen molar-refractivity contribution in [1.82, 2.24) is 0 Å². The molecule has 0 bridgehead atoms. The first-order chi connectivity index (χ1) is 23.7. The van der Waals surface area contributed by atoms with E-state index in [0.717, 1.165) is 22.3 Å². The fraction of sp³-hybridized carbons (Fsp3) is 0.262. The number of Topliss-reactive ketones (excluding diaryl/α,β-unsaturated/α-hetero) is 1. The van der Waals surface area contributed by atoms with Gasteiger partial charge >= 0.3 is 0 Å². The number of hydrogen-bond donors (Lipinski definition) is 0. The van der Waals surface area contributed by atoms with E-state index in [4.69, 9.17) is 23.7 Å². The van der Waals surface area contributed by atoms with Crippen LogP contribution in [-0.2, 0) is 50.1 Å². The number of hydrogen-bond acceptors (Lipinski definition) is 6. The maximum atomic E-state index is 13.7. The lowest BCUT2D eigenvalue weighted by atomic mass is 9.90. The van der Waals surface area contributed by atoms with Gasteiger partial charge in [-0.05, 0) is 22.3 Å². The highest BCUT2D eigenvalue weighted by atomic mass is 16.6. The maximum absolute atomic E-state index is 13.7. The second kappa shape index (κ2) is 17.6. The molecule has 48 heavy (non-hydrogen) atoms. The lowest BCUT2D eigenvalue weighted by Gasteiger charge is -2.46. The lowest BCUT2D eigenvalue weighted by Crippen LogP contribution is -2.61. The van der Waals surface area contributed by atoms with Crippen LogP contribution < -0.4 is 0 Å². The highest BCUT2D eigenvalue weighted by Crippen LogP contribution is 2.33. The van der Waals surface area contributed by atoms with Crippen LogP contribution in [0.15, 0.2) is 152 Å². The van der Waals surface area contributed by atoms with Crippen molar-refractivity contribution in [3.63, 3.8) is 0 Å². The van der Waals surface area contributed by atoms with Crippen LogP contribution in [0.25, 0.3) is 0 Å².